The molecule has 156 valence electrons. The minimum absolute atomic E-state index is 0.0316. The van der Waals surface area contributed by atoms with Crippen molar-refractivity contribution >= 4 is 5.65 Å². The van der Waals surface area contributed by atoms with Crippen LogP contribution in [0.15, 0.2) is 36.8 Å². The van der Waals surface area contributed by atoms with Crippen molar-refractivity contribution in [3.8, 4) is 28.4 Å². The van der Waals surface area contributed by atoms with Gasteiger partial charge in [0.05, 0.1) is 31.0 Å². The molecule has 4 aromatic rings. The third-order valence-corrected chi connectivity index (χ3v) is 6.16. The van der Waals surface area contributed by atoms with Crippen molar-refractivity contribution in [1.82, 2.24) is 19.6 Å². The van der Waals surface area contributed by atoms with Crippen molar-refractivity contribution < 1.29 is 19.0 Å². The maximum absolute atomic E-state index is 14.7. The largest absolute Gasteiger partial charge is 0.506 e. The summed E-state index contributed by atoms with van der Waals surface area (Å²) in [5.74, 6) is 1.26. The first-order valence-electron chi connectivity index (χ1n) is 10.2. The fraction of sp³-hybridized carbons (Fsp3) is 0.261. The number of rotatable bonds is 1. The van der Waals surface area contributed by atoms with E-state index in [1.54, 1.807) is 18.5 Å². The molecule has 0 amide bonds. The van der Waals surface area contributed by atoms with Crippen LogP contribution in [0.5, 0.6) is 17.2 Å². The first kappa shape index (κ1) is 18.1. The molecular weight excluding hydrogens is 399 g/mol. The Labute approximate surface area is 177 Å². The number of nitrogens with zero attached hydrogens (tertiary/aromatic N) is 4. The second-order valence-corrected chi connectivity index (χ2v) is 7.98. The fourth-order valence-electron chi connectivity index (χ4n) is 4.66. The molecule has 31 heavy (non-hydrogen) atoms. The van der Waals surface area contributed by atoms with Crippen LogP contribution in [0.1, 0.15) is 28.4 Å². The van der Waals surface area contributed by atoms with Crippen LogP contribution in [0, 0.1) is 12.7 Å². The molecule has 1 atom stereocenters. The Balaban J connectivity index is 1.54. The average Bonchev–Trinajstić information content (AvgIpc) is 3.41. The molecule has 0 saturated carbocycles. The van der Waals surface area contributed by atoms with E-state index in [1.165, 1.54) is 12.3 Å². The van der Waals surface area contributed by atoms with Crippen LogP contribution in [0.2, 0.25) is 0 Å². The molecular formula is C23H19FN4O3. The molecule has 2 aliphatic heterocycles. The Morgan fingerprint density at radius 1 is 1.10 bits per heavy atom. The lowest BCUT2D eigenvalue weighted by Crippen LogP contribution is -2.13. The zero-order valence-corrected chi connectivity index (χ0v) is 16.8. The quantitative estimate of drug-likeness (QED) is 0.509. The standard InChI is InChI=1S/C23H19FN4O3/c1-12-16(6-14(29)8-25-12)17-7-21-19(28-11-26-27-23(17)28)4-2-15-18(24)3-5-20-22(15)13(9-30-20)10-31-21/h3,5-8,11,13,29H,2,4,9-10H2,1H3/t13-/m1/s1. The van der Waals surface area contributed by atoms with Gasteiger partial charge in [-0.25, -0.2) is 4.39 Å². The minimum atomic E-state index is -0.212. The molecule has 0 unspecified atom stereocenters. The van der Waals surface area contributed by atoms with E-state index in [4.69, 9.17) is 9.47 Å². The molecule has 0 spiro atoms. The van der Waals surface area contributed by atoms with E-state index >= 15 is 0 Å². The second kappa shape index (κ2) is 6.66. The molecule has 5 heterocycles. The topological polar surface area (TPSA) is 81.8 Å². The summed E-state index contributed by atoms with van der Waals surface area (Å²) in [5, 5.41) is 18.4. The van der Waals surface area contributed by atoms with E-state index in [-0.39, 0.29) is 17.5 Å². The average molecular weight is 418 g/mol. The second-order valence-electron chi connectivity index (χ2n) is 7.98. The Morgan fingerprint density at radius 2 is 1.94 bits per heavy atom. The summed E-state index contributed by atoms with van der Waals surface area (Å²) in [6, 6.07) is 6.76. The van der Waals surface area contributed by atoms with Gasteiger partial charge < -0.3 is 14.6 Å². The molecule has 8 heteroatoms. The minimum Gasteiger partial charge on any atom is -0.506 e. The molecule has 6 rings (SSSR count). The van der Waals surface area contributed by atoms with Gasteiger partial charge in [-0.2, -0.15) is 0 Å². The van der Waals surface area contributed by atoms with Crippen LogP contribution in [0.25, 0.3) is 16.8 Å². The maximum atomic E-state index is 14.7. The lowest BCUT2D eigenvalue weighted by Gasteiger charge is -2.16. The van der Waals surface area contributed by atoms with E-state index in [9.17, 15) is 9.50 Å². The number of aromatic hydroxyl groups is 1. The van der Waals surface area contributed by atoms with Gasteiger partial charge >= 0.3 is 0 Å². The zero-order chi connectivity index (χ0) is 21.1. The van der Waals surface area contributed by atoms with E-state index in [0.29, 0.717) is 43.0 Å². The smallest absolute Gasteiger partial charge is 0.169 e. The SMILES string of the molecule is Cc1ncc(O)cc1-c1cc2c(n3cnnc13)CCc1c(F)ccc3c1[C@H](CO3)CO2. The predicted molar refractivity (Wildman–Crippen MR) is 110 cm³/mol. The van der Waals surface area contributed by atoms with Gasteiger partial charge in [-0.05, 0) is 49.6 Å². The maximum Gasteiger partial charge on any atom is 0.169 e. The molecule has 1 N–H and O–H groups in total. The Bertz CT molecular complexity index is 1350. The van der Waals surface area contributed by atoms with Crippen molar-refractivity contribution in [2.45, 2.75) is 25.7 Å². The number of pyridine rings is 2. The highest BCUT2D eigenvalue weighted by atomic mass is 19.1. The van der Waals surface area contributed by atoms with Gasteiger partial charge in [0.15, 0.2) is 5.65 Å². The van der Waals surface area contributed by atoms with Crippen molar-refractivity contribution in [3.05, 3.63) is 65.1 Å². The number of aryl methyl sites for hydroxylation is 2. The van der Waals surface area contributed by atoms with Crippen LogP contribution in [-0.4, -0.2) is 37.9 Å². The molecule has 0 fully saturated rings. The first-order chi connectivity index (χ1) is 15.1. The summed E-state index contributed by atoms with van der Waals surface area (Å²) in [5.41, 5.74) is 5.41. The highest BCUT2D eigenvalue weighted by Gasteiger charge is 2.31. The number of halogens is 1. The molecule has 2 aliphatic rings. The Hall–Kier alpha value is -3.68. The predicted octanol–water partition coefficient (Wildman–Crippen LogP) is 3.60. The van der Waals surface area contributed by atoms with Crippen molar-refractivity contribution in [3.63, 3.8) is 0 Å². The molecule has 3 aromatic heterocycles. The summed E-state index contributed by atoms with van der Waals surface area (Å²) in [6.07, 6.45) is 4.13. The molecule has 0 saturated heterocycles. The Kier molecular flexibility index (Phi) is 3.89. The summed E-state index contributed by atoms with van der Waals surface area (Å²) >= 11 is 0. The van der Waals surface area contributed by atoms with E-state index in [2.05, 4.69) is 15.2 Å². The van der Waals surface area contributed by atoms with Crippen LogP contribution in [0.3, 0.4) is 0 Å². The van der Waals surface area contributed by atoms with Gasteiger partial charge in [-0.15, -0.1) is 10.2 Å². The third kappa shape index (κ3) is 2.74. The van der Waals surface area contributed by atoms with Crippen molar-refractivity contribution in [2.75, 3.05) is 13.2 Å². The van der Waals surface area contributed by atoms with E-state index < -0.39 is 0 Å². The van der Waals surface area contributed by atoms with E-state index in [0.717, 1.165) is 33.8 Å². The van der Waals surface area contributed by atoms with Gasteiger partial charge in [0.25, 0.3) is 0 Å². The summed E-state index contributed by atoms with van der Waals surface area (Å²) in [4.78, 5) is 4.27. The van der Waals surface area contributed by atoms with Crippen LogP contribution >= 0.6 is 0 Å². The summed E-state index contributed by atoms with van der Waals surface area (Å²) in [7, 11) is 0. The van der Waals surface area contributed by atoms with Crippen LogP contribution in [-0.2, 0) is 12.8 Å². The normalized spacial score (nSPS) is 17.2. The highest BCUT2D eigenvalue weighted by Crippen LogP contribution is 2.41. The number of ether oxygens (including phenoxy) is 2. The number of aromatic nitrogens is 4. The van der Waals surface area contributed by atoms with Gasteiger partial charge in [0.2, 0.25) is 0 Å². The zero-order valence-electron chi connectivity index (χ0n) is 16.8. The van der Waals surface area contributed by atoms with Crippen LogP contribution < -0.4 is 9.47 Å². The monoisotopic (exact) mass is 418 g/mol. The van der Waals surface area contributed by atoms with Crippen molar-refractivity contribution in [2.24, 2.45) is 0 Å². The number of hydrogen-bond acceptors (Lipinski definition) is 6. The summed E-state index contributed by atoms with van der Waals surface area (Å²) in [6.45, 7) is 2.72. The summed E-state index contributed by atoms with van der Waals surface area (Å²) < 4.78 is 28.7. The molecule has 7 nitrogen and oxygen atoms in total. The van der Waals surface area contributed by atoms with Gasteiger partial charge in [0.1, 0.15) is 29.4 Å². The lowest BCUT2D eigenvalue weighted by molar-refractivity contribution is 0.246. The van der Waals surface area contributed by atoms with Gasteiger partial charge in [-0.3, -0.25) is 9.38 Å². The van der Waals surface area contributed by atoms with E-state index in [1.807, 2.05) is 17.4 Å². The number of hydrogen-bond donors (Lipinski definition) is 1. The fourth-order valence-corrected chi connectivity index (χ4v) is 4.66. The van der Waals surface area contributed by atoms with Crippen LogP contribution in [0.4, 0.5) is 4.39 Å². The van der Waals surface area contributed by atoms with Gasteiger partial charge in [0, 0.05) is 22.4 Å². The number of fused-ring (bicyclic) bond motifs is 3. The molecule has 1 aromatic carbocycles. The molecule has 0 radical (unpaired) electrons. The Morgan fingerprint density at radius 3 is 2.81 bits per heavy atom. The number of benzene rings is 1. The molecule has 0 bridgehead atoms. The lowest BCUT2D eigenvalue weighted by atomic mass is 9.93. The first-order valence-corrected chi connectivity index (χ1v) is 10.2. The third-order valence-electron chi connectivity index (χ3n) is 6.16. The molecule has 0 aliphatic carbocycles. The highest BCUT2D eigenvalue weighted by molar-refractivity contribution is 5.81. The van der Waals surface area contributed by atoms with Crippen molar-refractivity contribution in [1.29, 1.82) is 0 Å². The van der Waals surface area contributed by atoms with Gasteiger partial charge in [-0.1, -0.05) is 0 Å².